The van der Waals surface area contributed by atoms with Crippen molar-refractivity contribution in [3.63, 3.8) is 0 Å². The third kappa shape index (κ3) is 4.32. The van der Waals surface area contributed by atoms with Crippen LogP contribution in [0.25, 0.3) is 0 Å². The molecule has 1 saturated heterocycles. The highest BCUT2D eigenvalue weighted by atomic mass is 35.5. The Labute approximate surface area is 162 Å². The number of amides is 1. The lowest BCUT2D eigenvalue weighted by molar-refractivity contribution is -0.132. The fourth-order valence-electron chi connectivity index (χ4n) is 2.93. The van der Waals surface area contributed by atoms with Crippen LogP contribution in [0.3, 0.4) is 0 Å². The molecule has 1 aliphatic heterocycles. The largest absolute Gasteiger partial charge is 0.457 e. The molecule has 0 spiro atoms. The summed E-state index contributed by atoms with van der Waals surface area (Å²) in [6.45, 7) is 3.43. The normalized spacial score (nSPS) is 16.1. The highest BCUT2D eigenvalue weighted by Crippen LogP contribution is 2.40. The first-order valence-corrected chi connectivity index (χ1v) is 9.60. The van der Waals surface area contributed by atoms with Crippen LogP contribution in [-0.2, 0) is 4.79 Å². The van der Waals surface area contributed by atoms with E-state index < -0.39 is 4.75 Å². The fourth-order valence-corrected chi connectivity index (χ4v) is 4.31. The van der Waals surface area contributed by atoms with Gasteiger partial charge in [-0.1, -0.05) is 11.6 Å². The van der Waals surface area contributed by atoms with Gasteiger partial charge in [0.2, 0.25) is 0 Å². The van der Waals surface area contributed by atoms with Gasteiger partial charge in [0, 0.05) is 9.92 Å². The van der Waals surface area contributed by atoms with Crippen LogP contribution in [0.5, 0.6) is 11.5 Å². The van der Waals surface area contributed by atoms with E-state index in [0.717, 1.165) is 29.3 Å². The minimum absolute atomic E-state index is 0.346. The van der Waals surface area contributed by atoms with Crippen LogP contribution in [0.2, 0.25) is 5.02 Å². The Kier molecular flexibility index (Phi) is 6.09. The van der Waals surface area contributed by atoms with Gasteiger partial charge in [0.05, 0.1) is 0 Å². The molecule has 0 atom stereocenters. The van der Waals surface area contributed by atoms with E-state index >= 15 is 0 Å². The number of ether oxygens (including phenoxy) is 1. The molecule has 26 heavy (non-hydrogen) atoms. The molecule has 2 aromatic carbocycles. The molecule has 0 aromatic heterocycles. The predicted octanol–water partition coefficient (Wildman–Crippen LogP) is 4.16. The SMILES string of the molecule is Cc1cc(Oc2ccc(SC3(C(=O)NO)CCNCC3)cc2)ccc1Cl. The van der Waals surface area contributed by atoms with Gasteiger partial charge in [-0.2, -0.15) is 0 Å². The number of hydrogen-bond acceptors (Lipinski definition) is 5. The molecule has 0 radical (unpaired) electrons. The monoisotopic (exact) mass is 392 g/mol. The molecule has 138 valence electrons. The van der Waals surface area contributed by atoms with Gasteiger partial charge >= 0.3 is 0 Å². The first kappa shape index (κ1) is 19.0. The number of hydroxylamine groups is 1. The maximum atomic E-state index is 12.2. The number of thioether (sulfide) groups is 1. The van der Waals surface area contributed by atoms with Crippen molar-refractivity contribution in [2.75, 3.05) is 13.1 Å². The Morgan fingerprint density at radius 1 is 1.19 bits per heavy atom. The van der Waals surface area contributed by atoms with Crippen LogP contribution in [0.15, 0.2) is 47.4 Å². The summed E-state index contributed by atoms with van der Waals surface area (Å²) < 4.78 is 5.20. The summed E-state index contributed by atoms with van der Waals surface area (Å²) in [4.78, 5) is 13.2. The second-order valence-electron chi connectivity index (χ2n) is 6.27. The summed E-state index contributed by atoms with van der Waals surface area (Å²) in [6.07, 6.45) is 1.32. The third-order valence-corrected chi connectivity index (χ3v) is 6.34. The summed E-state index contributed by atoms with van der Waals surface area (Å²) in [7, 11) is 0. The maximum absolute atomic E-state index is 12.2. The number of carbonyl (C=O) groups excluding carboxylic acids is 1. The second kappa shape index (κ2) is 8.31. The Bertz CT molecular complexity index is 777. The van der Waals surface area contributed by atoms with Gasteiger partial charge in [-0.3, -0.25) is 10.0 Å². The van der Waals surface area contributed by atoms with E-state index in [1.807, 2.05) is 54.9 Å². The van der Waals surface area contributed by atoms with Crippen molar-refractivity contribution in [2.24, 2.45) is 0 Å². The summed E-state index contributed by atoms with van der Waals surface area (Å²) in [6, 6.07) is 13.1. The molecule has 0 saturated carbocycles. The second-order valence-corrected chi connectivity index (χ2v) is 8.14. The molecule has 1 heterocycles. The molecule has 5 nitrogen and oxygen atoms in total. The molecular formula is C19H21ClN2O3S. The quantitative estimate of drug-likeness (QED) is 0.526. The molecule has 1 aliphatic rings. The lowest BCUT2D eigenvalue weighted by Crippen LogP contribution is -2.49. The van der Waals surface area contributed by atoms with Gasteiger partial charge in [-0.05, 0) is 80.9 Å². The van der Waals surface area contributed by atoms with Crippen molar-refractivity contribution < 1.29 is 14.7 Å². The zero-order valence-electron chi connectivity index (χ0n) is 14.4. The van der Waals surface area contributed by atoms with E-state index in [2.05, 4.69) is 5.32 Å². The van der Waals surface area contributed by atoms with Crippen LogP contribution in [-0.4, -0.2) is 29.0 Å². The van der Waals surface area contributed by atoms with Crippen molar-refractivity contribution in [1.82, 2.24) is 10.8 Å². The lowest BCUT2D eigenvalue weighted by Gasteiger charge is -2.34. The van der Waals surface area contributed by atoms with Crippen molar-refractivity contribution in [3.05, 3.63) is 53.1 Å². The summed E-state index contributed by atoms with van der Waals surface area (Å²) in [5.74, 6) is 1.09. The first-order valence-electron chi connectivity index (χ1n) is 8.41. The Balaban J connectivity index is 1.72. The van der Waals surface area contributed by atoms with Crippen LogP contribution in [0.4, 0.5) is 0 Å². The smallest absolute Gasteiger partial charge is 0.260 e. The Hall–Kier alpha value is -1.73. The average molecular weight is 393 g/mol. The highest BCUT2D eigenvalue weighted by molar-refractivity contribution is 8.01. The topological polar surface area (TPSA) is 70.6 Å². The van der Waals surface area contributed by atoms with E-state index in [4.69, 9.17) is 21.5 Å². The lowest BCUT2D eigenvalue weighted by atomic mass is 9.96. The highest BCUT2D eigenvalue weighted by Gasteiger charge is 2.40. The number of carbonyl (C=O) groups is 1. The van der Waals surface area contributed by atoms with E-state index in [9.17, 15) is 4.79 Å². The molecular weight excluding hydrogens is 372 g/mol. The minimum atomic E-state index is -0.657. The Morgan fingerprint density at radius 3 is 2.46 bits per heavy atom. The van der Waals surface area contributed by atoms with E-state index in [0.29, 0.717) is 23.6 Å². The van der Waals surface area contributed by atoms with E-state index in [1.54, 1.807) is 0 Å². The molecule has 2 aromatic rings. The third-order valence-electron chi connectivity index (χ3n) is 4.43. The number of aryl methyl sites for hydroxylation is 1. The van der Waals surface area contributed by atoms with Crippen LogP contribution < -0.4 is 15.5 Å². The number of piperidine rings is 1. The summed E-state index contributed by atoms with van der Waals surface area (Å²) >= 11 is 7.51. The fraction of sp³-hybridized carbons (Fsp3) is 0.316. The molecule has 0 bridgehead atoms. The van der Waals surface area contributed by atoms with Crippen LogP contribution >= 0.6 is 23.4 Å². The maximum Gasteiger partial charge on any atom is 0.260 e. The Morgan fingerprint density at radius 2 is 1.85 bits per heavy atom. The van der Waals surface area contributed by atoms with Gasteiger partial charge in [0.15, 0.2) is 0 Å². The van der Waals surface area contributed by atoms with E-state index in [1.165, 1.54) is 11.8 Å². The number of halogens is 1. The standard InChI is InChI=1S/C19H21ClN2O3S/c1-13-12-15(4-7-17(13)20)25-14-2-5-16(6-3-14)26-19(18(23)22-24)8-10-21-11-9-19/h2-7,12,21,24H,8-11H2,1H3,(H,22,23). The molecule has 7 heteroatoms. The molecule has 1 amide bonds. The zero-order valence-corrected chi connectivity index (χ0v) is 16.0. The van der Waals surface area contributed by atoms with Gasteiger partial charge < -0.3 is 10.1 Å². The van der Waals surface area contributed by atoms with Crippen molar-refractivity contribution in [3.8, 4) is 11.5 Å². The van der Waals surface area contributed by atoms with Gasteiger partial charge in [-0.25, -0.2) is 5.48 Å². The molecule has 0 unspecified atom stereocenters. The number of nitrogens with one attached hydrogen (secondary N) is 2. The zero-order chi connectivity index (χ0) is 18.6. The van der Waals surface area contributed by atoms with Gasteiger partial charge in [0.25, 0.3) is 5.91 Å². The van der Waals surface area contributed by atoms with Gasteiger partial charge in [0.1, 0.15) is 16.2 Å². The van der Waals surface area contributed by atoms with Gasteiger partial charge in [-0.15, -0.1) is 11.8 Å². The molecule has 3 rings (SSSR count). The van der Waals surface area contributed by atoms with Crippen molar-refractivity contribution in [1.29, 1.82) is 0 Å². The summed E-state index contributed by atoms with van der Waals surface area (Å²) in [5.41, 5.74) is 2.78. The molecule has 3 N–H and O–H groups in total. The van der Waals surface area contributed by atoms with Crippen LogP contribution in [0, 0.1) is 6.92 Å². The summed E-state index contributed by atoms with van der Waals surface area (Å²) in [5, 5.41) is 13.1. The minimum Gasteiger partial charge on any atom is -0.457 e. The van der Waals surface area contributed by atoms with Crippen LogP contribution in [0.1, 0.15) is 18.4 Å². The van der Waals surface area contributed by atoms with Crippen molar-refractivity contribution in [2.45, 2.75) is 29.4 Å². The number of hydrogen-bond donors (Lipinski definition) is 3. The van der Waals surface area contributed by atoms with Crippen molar-refractivity contribution >= 4 is 29.3 Å². The first-order chi connectivity index (χ1) is 12.5. The molecule has 1 fully saturated rings. The number of benzene rings is 2. The predicted molar refractivity (Wildman–Crippen MR) is 103 cm³/mol. The van der Waals surface area contributed by atoms with E-state index in [-0.39, 0.29) is 5.91 Å². The number of rotatable bonds is 5. The molecule has 0 aliphatic carbocycles. The average Bonchev–Trinajstić information content (AvgIpc) is 2.66.